The maximum Gasteiger partial charge on any atom is 0.205 e. The largest absolute Gasteiger partial charge is 0.347 e. The van der Waals surface area contributed by atoms with Crippen LogP contribution in [-0.2, 0) is 0 Å². The Balaban J connectivity index is 2.03. The first-order valence-corrected chi connectivity index (χ1v) is 6.28. The summed E-state index contributed by atoms with van der Waals surface area (Å²) in [5, 5.41) is 1.06. The standard InChI is InChI=1S/C10H18N4S/c1-7(2)9-12-10(15-13-9)14-5-3-8(11)4-6-14/h7-8H,3-6,11H2,1-2H3. The third kappa shape index (κ3) is 2.46. The molecule has 0 unspecified atom stereocenters. The van der Waals surface area contributed by atoms with Gasteiger partial charge >= 0.3 is 0 Å². The Morgan fingerprint density at radius 2 is 2.07 bits per heavy atom. The molecule has 2 N–H and O–H groups in total. The van der Waals surface area contributed by atoms with Gasteiger partial charge in [0.25, 0.3) is 0 Å². The number of nitrogens with two attached hydrogens (primary N) is 1. The summed E-state index contributed by atoms with van der Waals surface area (Å²) >= 11 is 1.51. The van der Waals surface area contributed by atoms with Gasteiger partial charge in [0.05, 0.1) is 0 Å². The molecule has 2 heterocycles. The summed E-state index contributed by atoms with van der Waals surface area (Å²) in [5.41, 5.74) is 5.87. The Morgan fingerprint density at radius 3 is 2.60 bits per heavy atom. The zero-order valence-electron chi connectivity index (χ0n) is 9.31. The van der Waals surface area contributed by atoms with Gasteiger partial charge in [0.2, 0.25) is 5.13 Å². The van der Waals surface area contributed by atoms with E-state index in [1.807, 2.05) is 0 Å². The lowest BCUT2D eigenvalue weighted by Crippen LogP contribution is -2.39. The molecule has 1 aliphatic rings. The van der Waals surface area contributed by atoms with Crippen LogP contribution in [-0.4, -0.2) is 28.5 Å². The van der Waals surface area contributed by atoms with Gasteiger partial charge in [-0.1, -0.05) is 13.8 Å². The zero-order valence-corrected chi connectivity index (χ0v) is 10.1. The summed E-state index contributed by atoms with van der Waals surface area (Å²) < 4.78 is 4.37. The SMILES string of the molecule is CC(C)c1nsc(N2CCC(N)CC2)n1. The topological polar surface area (TPSA) is 55.0 Å². The van der Waals surface area contributed by atoms with Crippen LogP contribution >= 0.6 is 11.5 Å². The van der Waals surface area contributed by atoms with Crippen molar-refractivity contribution in [1.29, 1.82) is 0 Å². The normalized spacial score (nSPS) is 18.8. The Labute approximate surface area is 94.7 Å². The van der Waals surface area contributed by atoms with Crippen LogP contribution in [0.15, 0.2) is 0 Å². The van der Waals surface area contributed by atoms with Crippen molar-refractivity contribution in [2.45, 2.75) is 38.6 Å². The molecule has 1 aromatic rings. The van der Waals surface area contributed by atoms with Crippen molar-refractivity contribution in [2.75, 3.05) is 18.0 Å². The van der Waals surface area contributed by atoms with E-state index in [0.29, 0.717) is 12.0 Å². The van der Waals surface area contributed by atoms with Crippen LogP contribution in [0, 0.1) is 0 Å². The third-order valence-electron chi connectivity index (χ3n) is 2.76. The monoisotopic (exact) mass is 226 g/mol. The van der Waals surface area contributed by atoms with E-state index in [1.54, 1.807) is 0 Å². The first-order chi connectivity index (χ1) is 7.16. The van der Waals surface area contributed by atoms with Crippen molar-refractivity contribution in [3.05, 3.63) is 5.82 Å². The van der Waals surface area contributed by atoms with Crippen molar-refractivity contribution >= 4 is 16.7 Å². The second kappa shape index (κ2) is 4.45. The van der Waals surface area contributed by atoms with Crippen molar-refractivity contribution in [3.63, 3.8) is 0 Å². The Hall–Kier alpha value is -0.680. The fraction of sp³-hybridized carbons (Fsp3) is 0.800. The molecule has 1 saturated heterocycles. The Morgan fingerprint density at radius 1 is 1.40 bits per heavy atom. The molecule has 5 heteroatoms. The fourth-order valence-corrected chi connectivity index (χ4v) is 2.54. The Kier molecular flexibility index (Phi) is 3.21. The van der Waals surface area contributed by atoms with Crippen LogP contribution in [0.4, 0.5) is 5.13 Å². The average molecular weight is 226 g/mol. The van der Waals surface area contributed by atoms with Crippen molar-refractivity contribution in [2.24, 2.45) is 5.73 Å². The van der Waals surface area contributed by atoms with Crippen molar-refractivity contribution in [3.8, 4) is 0 Å². The highest BCUT2D eigenvalue weighted by Crippen LogP contribution is 2.23. The van der Waals surface area contributed by atoms with Gasteiger partial charge in [-0.2, -0.15) is 4.37 Å². The van der Waals surface area contributed by atoms with E-state index in [0.717, 1.165) is 36.9 Å². The number of nitrogens with zero attached hydrogens (tertiary/aromatic N) is 3. The van der Waals surface area contributed by atoms with Gasteiger partial charge in [-0.3, -0.25) is 0 Å². The van der Waals surface area contributed by atoms with E-state index in [9.17, 15) is 0 Å². The summed E-state index contributed by atoms with van der Waals surface area (Å²) in [5.74, 6) is 1.38. The second-order valence-corrected chi connectivity index (χ2v) is 5.14. The van der Waals surface area contributed by atoms with Crippen molar-refractivity contribution in [1.82, 2.24) is 9.36 Å². The molecular weight excluding hydrogens is 208 g/mol. The molecule has 0 radical (unpaired) electrons. The predicted molar refractivity (Wildman–Crippen MR) is 63.4 cm³/mol. The van der Waals surface area contributed by atoms with Gasteiger partial charge in [-0.15, -0.1) is 0 Å². The van der Waals surface area contributed by atoms with Gasteiger partial charge < -0.3 is 10.6 Å². The number of anilines is 1. The summed E-state index contributed by atoms with van der Waals surface area (Å²) in [6, 6.07) is 0.374. The molecule has 0 saturated carbocycles. The lowest BCUT2D eigenvalue weighted by atomic mass is 10.1. The molecule has 1 aliphatic heterocycles. The van der Waals surface area contributed by atoms with Crippen LogP contribution in [0.25, 0.3) is 0 Å². The second-order valence-electron chi connectivity index (χ2n) is 4.41. The van der Waals surface area contributed by atoms with Crippen LogP contribution < -0.4 is 10.6 Å². The summed E-state index contributed by atoms with van der Waals surface area (Å²) in [7, 11) is 0. The van der Waals surface area contributed by atoms with Gasteiger partial charge in [0.15, 0.2) is 0 Å². The number of rotatable bonds is 2. The molecule has 2 rings (SSSR count). The molecule has 0 bridgehead atoms. The Bertz CT molecular complexity index is 315. The van der Waals surface area contributed by atoms with E-state index < -0.39 is 0 Å². The van der Waals surface area contributed by atoms with E-state index in [2.05, 4.69) is 28.1 Å². The van der Waals surface area contributed by atoms with E-state index in [-0.39, 0.29) is 0 Å². The van der Waals surface area contributed by atoms with Crippen LogP contribution in [0.3, 0.4) is 0 Å². The molecule has 0 atom stereocenters. The number of piperidine rings is 1. The summed E-state index contributed by atoms with van der Waals surface area (Å²) in [6.07, 6.45) is 2.13. The highest BCUT2D eigenvalue weighted by atomic mass is 32.1. The predicted octanol–water partition coefficient (Wildman–Crippen LogP) is 1.59. The quantitative estimate of drug-likeness (QED) is 0.832. The van der Waals surface area contributed by atoms with Crippen LogP contribution in [0.5, 0.6) is 0 Å². The van der Waals surface area contributed by atoms with Crippen LogP contribution in [0.1, 0.15) is 38.4 Å². The molecule has 0 aromatic carbocycles. The van der Waals surface area contributed by atoms with Gasteiger partial charge in [0.1, 0.15) is 5.82 Å². The molecule has 4 nitrogen and oxygen atoms in total. The third-order valence-corrected chi connectivity index (χ3v) is 3.55. The minimum absolute atomic E-state index is 0.374. The summed E-state index contributed by atoms with van der Waals surface area (Å²) in [6.45, 7) is 6.29. The van der Waals surface area contributed by atoms with E-state index in [4.69, 9.17) is 5.73 Å². The molecule has 0 aliphatic carbocycles. The molecule has 0 spiro atoms. The highest BCUT2D eigenvalue weighted by Gasteiger charge is 2.19. The molecule has 1 aromatic heterocycles. The summed E-state index contributed by atoms with van der Waals surface area (Å²) in [4.78, 5) is 6.85. The molecule has 84 valence electrons. The van der Waals surface area contributed by atoms with Crippen LogP contribution in [0.2, 0.25) is 0 Å². The maximum atomic E-state index is 5.87. The van der Waals surface area contributed by atoms with Crippen molar-refractivity contribution < 1.29 is 0 Å². The highest BCUT2D eigenvalue weighted by molar-refractivity contribution is 7.09. The molecule has 0 amide bonds. The first-order valence-electron chi connectivity index (χ1n) is 5.51. The number of hydrogen-bond donors (Lipinski definition) is 1. The van der Waals surface area contributed by atoms with Gasteiger partial charge in [0, 0.05) is 36.6 Å². The fourth-order valence-electron chi connectivity index (χ4n) is 1.68. The lowest BCUT2D eigenvalue weighted by molar-refractivity contribution is 0.500. The number of aromatic nitrogens is 2. The maximum absolute atomic E-state index is 5.87. The van der Waals surface area contributed by atoms with Gasteiger partial charge in [-0.25, -0.2) is 4.98 Å². The minimum Gasteiger partial charge on any atom is -0.347 e. The zero-order chi connectivity index (χ0) is 10.8. The first kappa shape index (κ1) is 10.8. The minimum atomic E-state index is 0.374. The van der Waals surface area contributed by atoms with E-state index >= 15 is 0 Å². The lowest BCUT2D eigenvalue weighted by Gasteiger charge is -2.29. The van der Waals surface area contributed by atoms with E-state index in [1.165, 1.54) is 11.5 Å². The molecular formula is C10H18N4S. The smallest absolute Gasteiger partial charge is 0.205 e. The molecule has 15 heavy (non-hydrogen) atoms. The number of hydrogen-bond acceptors (Lipinski definition) is 5. The average Bonchev–Trinajstić information content (AvgIpc) is 2.68. The van der Waals surface area contributed by atoms with Gasteiger partial charge in [-0.05, 0) is 12.8 Å². The molecule has 1 fully saturated rings.